The van der Waals surface area contributed by atoms with E-state index in [-0.39, 0.29) is 11.8 Å². The van der Waals surface area contributed by atoms with Gasteiger partial charge in [-0.05, 0) is 25.5 Å². The molecule has 0 bridgehead atoms. The molecule has 0 aliphatic carbocycles. The molecule has 2 aromatic rings. The van der Waals surface area contributed by atoms with Gasteiger partial charge < -0.3 is 9.88 Å². The molecule has 106 valence electrons. The second kappa shape index (κ2) is 6.32. The van der Waals surface area contributed by atoms with Gasteiger partial charge in [0.15, 0.2) is 5.82 Å². The minimum atomic E-state index is 0.0120. The number of rotatable bonds is 5. The highest BCUT2D eigenvalue weighted by atomic mass is 16.1. The normalized spacial score (nSPS) is 12.2. The average molecular weight is 272 g/mol. The fourth-order valence-electron chi connectivity index (χ4n) is 1.90. The van der Waals surface area contributed by atoms with E-state index in [1.165, 1.54) is 0 Å². The van der Waals surface area contributed by atoms with Crippen LogP contribution in [0.4, 0.5) is 5.69 Å². The average Bonchev–Trinajstić information content (AvgIpc) is 2.95. The van der Waals surface area contributed by atoms with Crippen LogP contribution in [-0.4, -0.2) is 20.7 Å². The van der Waals surface area contributed by atoms with Crippen molar-refractivity contribution in [1.82, 2.24) is 14.8 Å². The maximum Gasteiger partial charge on any atom is 0.227 e. The molecule has 2 rings (SSSR count). The van der Waals surface area contributed by atoms with Crippen LogP contribution in [0, 0.1) is 5.92 Å². The van der Waals surface area contributed by atoms with Gasteiger partial charge in [0.2, 0.25) is 5.91 Å². The van der Waals surface area contributed by atoms with Gasteiger partial charge in [-0.1, -0.05) is 26.0 Å². The van der Waals surface area contributed by atoms with Crippen LogP contribution in [0.1, 0.15) is 27.2 Å². The van der Waals surface area contributed by atoms with Crippen molar-refractivity contribution in [3.63, 3.8) is 0 Å². The minimum absolute atomic E-state index is 0.0120. The second-order valence-corrected chi connectivity index (χ2v) is 4.82. The number of nitrogens with zero attached hydrogens (tertiary/aromatic N) is 3. The predicted molar refractivity (Wildman–Crippen MR) is 79.2 cm³/mol. The summed E-state index contributed by atoms with van der Waals surface area (Å²) < 4.78 is 1.97. The molecule has 1 atom stereocenters. The summed E-state index contributed by atoms with van der Waals surface area (Å²) in [6.45, 7) is 6.78. The van der Waals surface area contributed by atoms with Gasteiger partial charge >= 0.3 is 0 Å². The van der Waals surface area contributed by atoms with Gasteiger partial charge in [0, 0.05) is 23.7 Å². The van der Waals surface area contributed by atoms with Crippen molar-refractivity contribution in [2.24, 2.45) is 5.92 Å². The van der Waals surface area contributed by atoms with Gasteiger partial charge in [-0.25, -0.2) is 0 Å². The second-order valence-electron chi connectivity index (χ2n) is 4.82. The molecule has 0 aliphatic rings. The van der Waals surface area contributed by atoms with Crippen LogP contribution in [0.5, 0.6) is 0 Å². The summed E-state index contributed by atoms with van der Waals surface area (Å²) in [6, 6.07) is 7.69. The Labute approximate surface area is 119 Å². The van der Waals surface area contributed by atoms with E-state index in [9.17, 15) is 4.79 Å². The zero-order valence-electron chi connectivity index (χ0n) is 12.1. The first-order chi connectivity index (χ1) is 9.65. The van der Waals surface area contributed by atoms with Crippen molar-refractivity contribution in [1.29, 1.82) is 0 Å². The number of hydrogen-bond donors (Lipinski definition) is 1. The van der Waals surface area contributed by atoms with E-state index in [0.29, 0.717) is 0 Å². The van der Waals surface area contributed by atoms with Crippen LogP contribution < -0.4 is 5.32 Å². The van der Waals surface area contributed by atoms with Gasteiger partial charge in [-0.15, -0.1) is 10.2 Å². The number of carbonyl (C=O) groups is 1. The molecule has 1 heterocycles. The number of hydrogen-bond acceptors (Lipinski definition) is 3. The van der Waals surface area contributed by atoms with E-state index in [2.05, 4.69) is 15.5 Å². The molecular formula is C15H20N4O. The highest BCUT2D eigenvalue weighted by Gasteiger charge is 2.12. The smallest absolute Gasteiger partial charge is 0.227 e. The molecule has 0 radical (unpaired) electrons. The first kappa shape index (κ1) is 14.2. The third-order valence-electron chi connectivity index (χ3n) is 3.40. The van der Waals surface area contributed by atoms with Crippen LogP contribution >= 0.6 is 0 Å². The molecule has 0 aliphatic heterocycles. The van der Waals surface area contributed by atoms with Crippen LogP contribution in [0.2, 0.25) is 0 Å². The first-order valence-electron chi connectivity index (χ1n) is 6.94. The molecule has 1 unspecified atom stereocenters. The van der Waals surface area contributed by atoms with Crippen LogP contribution in [0.15, 0.2) is 30.6 Å². The van der Waals surface area contributed by atoms with E-state index in [1.54, 1.807) is 6.33 Å². The van der Waals surface area contributed by atoms with Crippen LogP contribution in [-0.2, 0) is 11.3 Å². The highest BCUT2D eigenvalue weighted by Crippen LogP contribution is 2.21. The van der Waals surface area contributed by atoms with Crippen molar-refractivity contribution in [2.45, 2.75) is 33.7 Å². The van der Waals surface area contributed by atoms with E-state index in [4.69, 9.17) is 0 Å². The lowest BCUT2D eigenvalue weighted by molar-refractivity contribution is -0.119. The quantitative estimate of drug-likeness (QED) is 0.910. The SMILES string of the molecule is CCC(C)C(=O)Nc1cccc(-c2nncn2CC)c1. The number of anilines is 1. The zero-order chi connectivity index (χ0) is 14.5. The Morgan fingerprint density at radius 1 is 1.40 bits per heavy atom. The standard InChI is InChI=1S/C15H20N4O/c1-4-11(3)15(20)17-13-8-6-7-12(9-13)14-18-16-10-19(14)5-2/h6-11H,4-5H2,1-3H3,(H,17,20). The molecule has 0 fully saturated rings. The molecule has 0 saturated carbocycles. The van der Waals surface area contributed by atoms with Crippen LogP contribution in [0.25, 0.3) is 11.4 Å². The molecule has 1 amide bonds. The Morgan fingerprint density at radius 2 is 2.20 bits per heavy atom. The topological polar surface area (TPSA) is 59.8 Å². The molecule has 0 spiro atoms. The summed E-state index contributed by atoms with van der Waals surface area (Å²) in [6.07, 6.45) is 2.54. The third-order valence-corrected chi connectivity index (χ3v) is 3.40. The molecule has 5 nitrogen and oxygen atoms in total. The molecular weight excluding hydrogens is 252 g/mol. The number of nitrogens with one attached hydrogen (secondary N) is 1. The van der Waals surface area contributed by atoms with E-state index in [1.807, 2.05) is 49.6 Å². The fourth-order valence-corrected chi connectivity index (χ4v) is 1.90. The van der Waals surface area contributed by atoms with E-state index in [0.717, 1.165) is 30.0 Å². The molecule has 1 aromatic heterocycles. The summed E-state index contributed by atoms with van der Waals surface area (Å²) in [4.78, 5) is 11.9. The molecule has 1 N–H and O–H groups in total. The van der Waals surface area contributed by atoms with Crippen LogP contribution in [0.3, 0.4) is 0 Å². The maximum atomic E-state index is 11.9. The van der Waals surface area contributed by atoms with Gasteiger partial charge in [-0.2, -0.15) is 0 Å². The number of aromatic nitrogens is 3. The largest absolute Gasteiger partial charge is 0.326 e. The summed E-state index contributed by atoms with van der Waals surface area (Å²) in [5, 5.41) is 11.0. The Bertz CT molecular complexity index is 591. The lowest BCUT2D eigenvalue weighted by Crippen LogP contribution is -2.19. The number of benzene rings is 1. The van der Waals surface area contributed by atoms with Crippen molar-refractivity contribution in [3.8, 4) is 11.4 Å². The monoisotopic (exact) mass is 272 g/mol. The first-order valence-corrected chi connectivity index (χ1v) is 6.94. The third kappa shape index (κ3) is 3.04. The molecule has 1 aromatic carbocycles. The van der Waals surface area contributed by atoms with Crippen molar-refractivity contribution in [2.75, 3.05) is 5.32 Å². The van der Waals surface area contributed by atoms with E-state index < -0.39 is 0 Å². The lowest BCUT2D eigenvalue weighted by atomic mass is 10.1. The number of carbonyl (C=O) groups excluding carboxylic acids is 1. The Morgan fingerprint density at radius 3 is 2.90 bits per heavy atom. The zero-order valence-corrected chi connectivity index (χ0v) is 12.1. The van der Waals surface area contributed by atoms with E-state index >= 15 is 0 Å². The Kier molecular flexibility index (Phi) is 4.50. The molecule has 5 heteroatoms. The minimum Gasteiger partial charge on any atom is -0.326 e. The molecule has 20 heavy (non-hydrogen) atoms. The number of amides is 1. The predicted octanol–water partition coefficient (Wildman–Crippen LogP) is 2.95. The summed E-state index contributed by atoms with van der Waals surface area (Å²) >= 11 is 0. The summed E-state index contributed by atoms with van der Waals surface area (Å²) in [7, 11) is 0. The van der Waals surface area contributed by atoms with Gasteiger partial charge in [0.05, 0.1) is 0 Å². The highest BCUT2D eigenvalue weighted by molar-refractivity contribution is 5.92. The summed E-state index contributed by atoms with van der Waals surface area (Å²) in [5.41, 5.74) is 1.74. The van der Waals surface area contributed by atoms with Crippen molar-refractivity contribution < 1.29 is 4.79 Å². The summed E-state index contributed by atoms with van der Waals surface area (Å²) in [5.74, 6) is 0.867. The lowest BCUT2D eigenvalue weighted by Gasteiger charge is -2.11. The maximum absolute atomic E-state index is 11.9. The van der Waals surface area contributed by atoms with Gasteiger partial charge in [-0.3, -0.25) is 4.79 Å². The van der Waals surface area contributed by atoms with Crippen molar-refractivity contribution >= 4 is 11.6 Å². The number of aryl methyl sites for hydroxylation is 1. The Hall–Kier alpha value is -2.17. The Balaban J connectivity index is 2.22. The molecule has 0 saturated heterocycles. The van der Waals surface area contributed by atoms with Gasteiger partial charge in [0.1, 0.15) is 6.33 Å². The van der Waals surface area contributed by atoms with Crippen molar-refractivity contribution in [3.05, 3.63) is 30.6 Å². The van der Waals surface area contributed by atoms with Gasteiger partial charge in [0.25, 0.3) is 0 Å². The fraction of sp³-hybridized carbons (Fsp3) is 0.400.